The third-order valence-electron chi connectivity index (χ3n) is 3.21. The molecule has 1 heterocycles. The summed E-state index contributed by atoms with van der Waals surface area (Å²) in [5.41, 5.74) is 9.05. The van der Waals surface area contributed by atoms with Gasteiger partial charge in [-0.15, -0.1) is 0 Å². The molecule has 0 atom stereocenters. The molecule has 0 fully saturated rings. The highest BCUT2D eigenvalue weighted by molar-refractivity contribution is 5.69. The normalized spacial score (nSPS) is 10.6. The van der Waals surface area contributed by atoms with Gasteiger partial charge in [0.05, 0.1) is 22.0 Å². The summed E-state index contributed by atoms with van der Waals surface area (Å²) in [5.74, 6) is 0. The highest BCUT2D eigenvalue weighted by atomic mass is 16.6. The number of nitro groups is 1. The van der Waals surface area contributed by atoms with Crippen LogP contribution in [0.1, 0.15) is 17.8 Å². The second-order valence-corrected chi connectivity index (χ2v) is 4.96. The molecule has 7 heteroatoms. The first-order valence-electron chi connectivity index (χ1n) is 6.76. The predicted molar refractivity (Wildman–Crippen MR) is 82.3 cm³/mol. The Morgan fingerprint density at radius 3 is 2.71 bits per heavy atom. The summed E-state index contributed by atoms with van der Waals surface area (Å²) >= 11 is 0. The lowest BCUT2D eigenvalue weighted by Crippen LogP contribution is -2.10. The molecule has 1 aromatic heterocycles. The standard InChI is InChI=1S/C14H19N5O2/c1-10-8-11(2)18(17-10)7-3-6-16-14-5-4-12(19(20)21)9-13(14)15/h4-5,8-9,16H,3,6-7,15H2,1-2H3. The number of rotatable bonds is 6. The van der Waals surface area contributed by atoms with Gasteiger partial charge >= 0.3 is 0 Å². The zero-order chi connectivity index (χ0) is 15.4. The number of hydrogen-bond acceptors (Lipinski definition) is 5. The van der Waals surface area contributed by atoms with Crippen molar-refractivity contribution in [3.8, 4) is 0 Å². The van der Waals surface area contributed by atoms with Crippen LogP contribution in [0.15, 0.2) is 24.3 Å². The van der Waals surface area contributed by atoms with Crippen molar-refractivity contribution in [1.29, 1.82) is 0 Å². The summed E-state index contributed by atoms with van der Waals surface area (Å²) in [7, 11) is 0. The topological polar surface area (TPSA) is 99.0 Å². The van der Waals surface area contributed by atoms with Crippen molar-refractivity contribution in [3.05, 3.63) is 45.8 Å². The maximum Gasteiger partial charge on any atom is 0.271 e. The Balaban J connectivity index is 1.86. The number of anilines is 2. The molecule has 0 bridgehead atoms. The summed E-state index contributed by atoms with van der Waals surface area (Å²) in [5, 5.41) is 18.2. The molecular weight excluding hydrogens is 270 g/mol. The van der Waals surface area contributed by atoms with E-state index >= 15 is 0 Å². The van der Waals surface area contributed by atoms with Crippen LogP contribution in [-0.4, -0.2) is 21.2 Å². The maximum atomic E-state index is 10.6. The molecule has 0 unspecified atom stereocenters. The zero-order valence-electron chi connectivity index (χ0n) is 12.2. The Labute approximate surface area is 122 Å². The lowest BCUT2D eigenvalue weighted by molar-refractivity contribution is -0.384. The van der Waals surface area contributed by atoms with Gasteiger partial charge in [-0.2, -0.15) is 5.10 Å². The second-order valence-electron chi connectivity index (χ2n) is 4.96. The molecular formula is C14H19N5O2. The van der Waals surface area contributed by atoms with E-state index in [-0.39, 0.29) is 5.69 Å². The van der Waals surface area contributed by atoms with Gasteiger partial charge in [-0.1, -0.05) is 0 Å². The number of nitrogens with one attached hydrogen (secondary N) is 1. The van der Waals surface area contributed by atoms with Crippen molar-refractivity contribution in [2.24, 2.45) is 0 Å². The van der Waals surface area contributed by atoms with Crippen LogP contribution in [0, 0.1) is 24.0 Å². The van der Waals surface area contributed by atoms with Crippen molar-refractivity contribution in [3.63, 3.8) is 0 Å². The summed E-state index contributed by atoms with van der Waals surface area (Å²) in [4.78, 5) is 10.2. The zero-order valence-corrected chi connectivity index (χ0v) is 12.2. The number of hydrogen-bond donors (Lipinski definition) is 2. The van der Waals surface area contributed by atoms with E-state index < -0.39 is 4.92 Å². The lowest BCUT2D eigenvalue weighted by atomic mass is 10.2. The molecule has 0 aliphatic rings. The summed E-state index contributed by atoms with van der Waals surface area (Å²) in [6.45, 7) is 5.54. The fourth-order valence-electron chi connectivity index (χ4n) is 2.18. The lowest BCUT2D eigenvalue weighted by Gasteiger charge is -2.09. The summed E-state index contributed by atoms with van der Waals surface area (Å²) in [6, 6.07) is 6.49. The minimum Gasteiger partial charge on any atom is -0.397 e. The number of non-ortho nitro benzene ring substituents is 1. The van der Waals surface area contributed by atoms with Crippen LogP contribution in [0.25, 0.3) is 0 Å². The highest BCUT2D eigenvalue weighted by Crippen LogP contribution is 2.23. The number of nitro benzene ring substituents is 1. The average Bonchev–Trinajstić information content (AvgIpc) is 2.74. The first kappa shape index (κ1) is 14.8. The van der Waals surface area contributed by atoms with E-state index in [1.54, 1.807) is 6.07 Å². The van der Waals surface area contributed by atoms with Crippen LogP contribution in [0.4, 0.5) is 17.1 Å². The van der Waals surface area contributed by atoms with E-state index in [4.69, 9.17) is 5.73 Å². The molecule has 0 aliphatic heterocycles. The summed E-state index contributed by atoms with van der Waals surface area (Å²) in [6.07, 6.45) is 0.887. The van der Waals surface area contributed by atoms with Gasteiger partial charge < -0.3 is 11.1 Å². The van der Waals surface area contributed by atoms with E-state index in [1.807, 2.05) is 24.6 Å². The van der Waals surface area contributed by atoms with Crippen molar-refractivity contribution in [2.45, 2.75) is 26.8 Å². The van der Waals surface area contributed by atoms with Gasteiger partial charge in [0, 0.05) is 30.9 Å². The molecule has 0 amide bonds. The van der Waals surface area contributed by atoms with E-state index in [0.29, 0.717) is 11.4 Å². The molecule has 2 aromatic rings. The monoisotopic (exact) mass is 289 g/mol. The third-order valence-corrected chi connectivity index (χ3v) is 3.21. The van der Waals surface area contributed by atoms with Gasteiger partial charge in [0.2, 0.25) is 0 Å². The first-order chi connectivity index (χ1) is 9.97. The largest absolute Gasteiger partial charge is 0.397 e. The Hall–Kier alpha value is -2.57. The Kier molecular flexibility index (Phi) is 4.42. The number of nitrogen functional groups attached to an aromatic ring is 1. The molecule has 0 spiro atoms. The molecule has 7 nitrogen and oxygen atoms in total. The molecule has 0 aliphatic carbocycles. The van der Waals surface area contributed by atoms with E-state index in [0.717, 1.165) is 30.9 Å². The molecule has 1 aromatic carbocycles. The molecule has 2 rings (SSSR count). The van der Waals surface area contributed by atoms with Gasteiger partial charge in [-0.3, -0.25) is 14.8 Å². The van der Waals surface area contributed by atoms with Crippen LogP contribution in [-0.2, 0) is 6.54 Å². The van der Waals surface area contributed by atoms with Crippen LogP contribution >= 0.6 is 0 Å². The van der Waals surface area contributed by atoms with Gasteiger partial charge in [0.15, 0.2) is 0 Å². The SMILES string of the molecule is Cc1cc(C)n(CCCNc2ccc([N+](=O)[O-])cc2N)n1. The van der Waals surface area contributed by atoms with Crippen molar-refractivity contribution in [1.82, 2.24) is 9.78 Å². The van der Waals surface area contributed by atoms with Crippen molar-refractivity contribution < 1.29 is 4.92 Å². The van der Waals surface area contributed by atoms with Crippen LogP contribution in [0.5, 0.6) is 0 Å². The van der Waals surface area contributed by atoms with Gasteiger partial charge in [0.25, 0.3) is 5.69 Å². The second kappa shape index (κ2) is 6.25. The van der Waals surface area contributed by atoms with Gasteiger partial charge in [-0.25, -0.2) is 0 Å². The number of benzene rings is 1. The minimum absolute atomic E-state index is 0.000640. The molecule has 0 saturated carbocycles. The summed E-state index contributed by atoms with van der Waals surface area (Å²) < 4.78 is 1.97. The molecule has 21 heavy (non-hydrogen) atoms. The number of aromatic nitrogens is 2. The van der Waals surface area contributed by atoms with Crippen molar-refractivity contribution in [2.75, 3.05) is 17.6 Å². The quantitative estimate of drug-likeness (QED) is 0.368. The third kappa shape index (κ3) is 3.71. The fourth-order valence-corrected chi connectivity index (χ4v) is 2.18. The number of aryl methyl sites for hydroxylation is 3. The van der Waals surface area contributed by atoms with Crippen molar-refractivity contribution >= 4 is 17.1 Å². The minimum atomic E-state index is -0.455. The van der Waals surface area contributed by atoms with Gasteiger partial charge in [-0.05, 0) is 32.4 Å². The first-order valence-corrected chi connectivity index (χ1v) is 6.76. The molecule has 112 valence electrons. The van der Waals surface area contributed by atoms with Gasteiger partial charge in [0.1, 0.15) is 0 Å². The average molecular weight is 289 g/mol. The molecule has 3 N–H and O–H groups in total. The Morgan fingerprint density at radius 2 is 2.14 bits per heavy atom. The van der Waals surface area contributed by atoms with Crippen LogP contribution in [0.3, 0.4) is 0 Å². The van der Waals surface area contributed by atoms with E-state index in [1.165, 1.54) is 12.1 Å². The smallest absolute Gasteiger partial charge is 0.271 e. The highest BCUT2D eigenvalue weighted by Gasteiger charge is 2.08. The van der Waals surface area contributed by atoms with Crippen LogP contribution in [0.2, 0.25) is 0 Å². The molecule has 0 saturated heterocycles. The fraction of sp³-hybridized carbons (Fsp3) is 0.357. The number of nitrogens with zero attached hydrogens (tertiary/aromatic N) is 3. The van der Waals surface area contributed by atoms with Crippen LogP contribution < -0.4 is 11.1 Å². The predicted octanol–water partition coefficient (Wildman–Crippen LogP) is 2.49. The van der Waals surface area contributed by atoms with E-state index in [2.05, 4.69) is 10.4 Å². The Bertz CT molecular complexity index is 651. The number of nitrogens with two attached hydrogens (primary N) is 1. The molecule has 0 radical (unpaired) electrons. The van der Waals surface area contributed by atoms with E-state index in [9.17, 15) is 10.1 Å². The maximum absolute atomic E-state index is 10.6. The Morgan fingerprint density at radius 1 is 1.38 bits per heavy atom.